The summed E-state index contributed by atoms with van der Waals surface area (Å²) in [5, 5.41) is 3.42. The summed E-state index contributed by atoms with van der Waals surface area (Å²) in [4.78, 5) is 12.0. The Morgan fingerprint density at radius 2 is 2.39 bits per heavy atom. The number of ketones is 1. The minimum absolute atomic E-state index is 0.0178. The monoisotopic (exact) mass is 271 g/mol. The molecule has 0 aliphatic carbocycles. The highest BCUT2D eigenvalue weighted by molar-refractivity contribution is 6.30. The zero-order chi connectivity index (χ0) is 13.1. The number of rotatable bonds is 4. The first-order valence-corrected chi connectivity index (χ1v) is 6.20. The molecule has 1 N–H and O–H groups in total. The zero-order valence-corrected chi connectivity index (χ0v) is 10.8. The molecule has 0 bridgehead atoms. The standard InChI is InChI=1S/C13H15ClFNO2/c1-18-10-6-12(16-7-10)13(17)4-8-2-3-9(14)5-11(8)15/h2-3,5,10,12,16H,4,6-7H2,1H3. The molecule has 1 aliphatic rings. The normalized spacial score (nSPS) is 23.3. The van der Waals surface area contributed by atoms with Crippen molar-refractivity contribution < 1.29 is 13.9 Å². The number of ether oxygens (including phenoxy) is 1. The van der Waals surface area contributed by atoms with Gasteiger partial charge in [0.1, 0.15) is 5.82 Å². The fourth-order valence-corrected chi connectivity index (χ4v) is 2.26. The van der Waals surface area contributed by atoms with Crippen LogP contribution in [0.25, 0.3) is 0 Å². The first-order chi connectivity index (χ1) is 8.60. The van der Waals surface area contributed by atoms with Gasteiger partial charge in [0.05, 0.1) is 12.1 Å². The predicted octanol–water partition coefficient (Wildman–Crippen LogP) is 1.97. The van der Waals surface area contributed by atoms with Crippen LogP contribution in [0.5, 0.6) is 0 Å². The Labute approximate surface area is 110 Å². The van der Waals surface area contributed by atoms with Crippen molar-refractivity contribution in [2.24, 2.45) is 0 Å². The molecule has 1 heterocycles. The average molecular weight is 272 g/mol. The number of methoxy groups -OCH3 is 1. The largest absolute Gasteiger partial charge is 0.380 e. The van der Waals surface area contributed by atoms with Crippen LogP contribution < -0.4 is 5.32 Å². The van der Waals surface area contributed by atoms with E-state index in [9.17, 15) is 9.18 Å². The Balaban J connectivity index is 1.99. The Hall–Kier alpha value is -0.970. The van der Waals surface area contributed by atoms with E-state index in [4.69, 9.17) is 16.3 Å². The highest BCUT2D eigenvalue weighted by Gasteiger charge is 2.29. The average Bonchev–Trinajstić information content (AvgIpc) is 2.81. The van der Waals surface area contributed by atoms with Gasteiger partial charge in [-0.05, 0) is 24.1 Å². The second kappa shape index (κ2) is 5.78. The minimum atomic E-state index is -0.433. The lowest BCUT2D eigenvalue weighted by atomic mass is 10.0. The van der Waals surface area contributed by atoms with E-state index in [-0.39, 0.29) is 24.3 Å². The van der Waals surface area contributed by atoms with E-state index >= 15 is 0 Å². The van der Waals surface area contributed by atoms with Crippen LogP contribution in [0.4, 0.5) is 4.39 Å². The number of hydrogen-bond acceptors (Lipinski definition) is 3. The molecule has 1 fully saturated rings. The van der Waals surface area contributed by atoms with Crippen molar-refractivity contribution in [3.05, 3.63) is 34.6 Å². The van der Waals surface area contributed by atoms with Gasteiger partial charge in [0.15, 0.2) is 5.78 Å². The Kier molecular flexibility index (Phi) is 4.32. The summed E-state index contributed by atoms with van der Waals surface area (Å²) in [5.41, 5.74) is 0.382. The van der Waals surface area contributed by atoms with Gasteiger partial charge >= 0.3 is 0 Å². The topological polar surface area (TPSA) is 38.3 Å². The molecular formula is C13H15ClFNO2. The maximum atomic E-state index is 13.6. The lowest BCUT2D eigenvalue weighted by molar-refractivity contribution is -0.120. The molecule has 0 amide bonds. The summed E-state index contributed by atoms with van der Waals surface area (Å²) in [6.07, 6.45) is 0.788. The van der Waals surface area contributed by atoms with Crippen molar-refractivity contribution in [1.82, 2.24) is 5.32 Å². The van der Waals surface area contributed by atoms with Crippen molar-refractivity contribution in [2.45, 2.75) is 25.0 Å². The van der Waals surface area contributed by atoms with Crippen molar-refractivity contribution in [3.8, 4) is 0 Å². The van der Waals surface area contributed by atoms with E-state index < -0.39 is 5.82 Å². The number of nitrogens with one attached hydrogen (secondary N) is 1. The first kappa shape index (κ1) is 13.5. The van der Waals surface area contributed by atoms with Crippen LogP contribution in [0.3, 0.4) is 0 Å². The second-order valence-corrected chi connectivity index (χ2v) is 4.87. The van der Waals surface area contributed by atoms with Crippen LogP contribution in [0.1, 0.15) is 12.0 Å². The van der Waals surface area contributed by atoms with Crippen LogP contribution in [-0.4, -0.2) is 31.6 Å². The summed E-state index contributed by atoms with van der Waals surface area (Å²) >= 11 is 5.66. The van der Waals surface area contributed by atoms with Crippen LogP contribution >= 0.6 is 11.6 Å². The summed E-state index contributed by atoms with van der Waals surface area (Å²) in [6.45, 7) is 0.663. The Morgan fingerprint density at radius 3 is 3.00 bits per heavy atom. The third-order valence-electron chi connectivity index (χ3n) is 3.19. The van der Waals surface area contributed by atoms with Crippen molar-refractivity contribution in [3.63, 3.8) is 0 Å². The SMILES string of the molecule is COC1CNC(C(=O)Cc2ccc(Cl)cc2F)C1. The third kappa shape index (κ3) is 3.07. The van der Waals surface area contributed by atoms with Crippen LogP contribution in [0.15, 0.2) is 18.2 Å². The van der Waals surface area contributed by atoms with Crippen LogP contribution in [-0.2, 0) is 16.0 Å². The molecule has 0 aromatic heterocycles. The molecular weight excluding hydrogens is 257 g/mol. The fourth-order valence-electron chi connectivity index (χ4n) is 2.10. The highest BCUT2D eigenvalue weighted by Crippen LogP contribution is 2.17. The molecule has 2 atom stereocenters. The molecule has 1 aromatic carbocycles. The zero-order valence-electron chi connectivity index (χ0n) is 10.1. The van der Waals surface area contributed by atoms with E-state index in [1.54, 1.807) is 19.2 Å². The molecule has 0 radical (unpaired) electrons. The Bertz CT molecular complexity index is 453. The number of Topliss-reactive ketones (excluding diaryl/α,β-unsaturated/α-hetero) is 1. The highest BCUT2D eigenvalue weighted by atomic mass is 35.5. The summed E-state index contributed by atoms with van der Waals surface area (Å²) in [6, 6.07) is 4.13. The molecule has 1 saturated heterocycles. The number of halogens is 2. The van der Waals surface area contributed by atoms with Crippen LogP contribution in [0.2, 0.25) is 5.02 Å². The number of carbonyl (C=O) groups is 1. The van der Waals surface area contributed by atoms with Gasteiger partial charge in [-0.1, -0.05) is 17.7 Å². The van der Waals surface area contributed by atoms with E-state index in [1.807, 2.05) is 0 Å². The lowest BCUT2D eigenvalue weighted by Gasteiger charge is -2.10. The maximum Gasteiger partial charge on any atom is 0.154 e. The molecule has 0 saturated carbocycles. The second-order valence-electron chi connectivity index (χ2n) is 4.43. The molecule has 98 valence electrons. The molecule has 1 aromatic rings. The number of carbonyl (C=O) groups excluding carboxylic acids is 1. The van der Waals surface area contributed by atoms with E-state index in [2.05, 4.69) is 5.32 Å². The van der Waals surface area contributed by atoms with Gasteiger partial charge in [-0.15, -0.1) is 0 Å². The van der Waals surface area contributed by atoms with Crippen LogP contribution in [0, 0.1) is 5.82 Å². The van der Waals surface area contributed by atoms with E-state index in [0.29, 0.717) is 23.6 Å². The van der Waals surface area contributed by atoms with Crippen molar-refractivity contribution in [2.75, 3.05) is 13.7 Å². The molecule has 18 heavy (non-hydrogen) atoms. The van der Waals surface area contributed by atoms with Gasteiger partial charge in [0.25, 0.3) is 0 Å². The Morgan fingerprint density at radius 1 is 1.61 bits per heavy atom. The lowest BCUT2D eigenvalue weighted by Crippen LogP contribution is -2.32. The van der Waals surface area contributed by atoms with E-state index in [0.717, 1.165) is 0 Å². The van der Waals surface area contributed by atoms with Gasteiger partial charge in [-0.25, -0.2) is 4.39 Å². The number of benzene rings is 1. The third-order valence-corrected chi connectivity index (χ3v) is 3.43. The smallest absolute Gasteiger partial charge is 0.154 e. The maximum absolute atomic E-state index is 13.6. The van der Waals surface area contributed by atoms with Gasteiger partial charge in [-0.3, -0.25) is 4.79 Å². The quantitative estimate of drug-likeness (QED) is 0.910. The minimum Gasteiger partial charge on any atom is -0.380 e. The fraction of sp³-hybridized carbons (Fsp3) is 0.462. The summed E-state index contributed by atoms with van der Waals surface area (Å²) < 4.78 is 18.7. The van der Waals surface area contributed by atoms with E-state index in [1.165, 1.54) is 6.07 Å². The predicted molar refractivity (Wildman–Crippen MR) is 67.3 cm³/mol. The molecule has 5 heteroatoms. The van der Waals surface area contributed by atoms with Gasteiger partial charge in [-0.2, -0.15) is 0 Å². The molecule has 0 spiro atoms. The van der Waals surface area contributed by atoms with Gasteiger partial charge in [0, 0.05) is 25.1 Å². The molecule has 2 rings (SSSR count). The van der Waals surface area contributed by atoms with Gasteiger partial charge in [0.2, 0.25) is 0 Å². The van der Waals surface area contributed by atoms with Crippen molar-refractivity contribution in [1.29, 1.82) is 0 Å². The van der Waals surface area contributed by atoms with Gasteiger partial charge < -0.3 is 10.1 Å². The molecule has 3 nitrogen and oxygen atoms in total. The summed E-state index contributed by atoms with van der Waals surface area (Å²) in [7, 11) is 1.62. The van der Waals surface area contributed by atoms with Crippen molar-refractivity contribution >= 4 is 17.4 Å². The number of hydrogen-bond donors (Lipinski definition) is 1. The summed E-state index contributed by atoms with van der Waals surface area (Å²) in [5.74, 6) is -0.451. The molecule has 1 aliphatic heterocycles. The molecule has 2 unspecified atom stereocenters. The first-order valence-electron chi connectivity index (χ1n) is 5.83.